The Balaban J connectivity index is 1.50. The SMILES string of the molecule is O=C1C(c2ccc([N+](=O)[O-])cc2)C(COCc2ccccc2)N1Cc1ccccc1. The van der Waals surface area contributed by atoms with Crippen molar-refractivity contribution in [2.45, 2.75) is 25.1 Å². The van der Waals surface area contributed by atoms with Gasteiger partial charge in [-0.1, -0.05) is 72.8 Å². The molecule has 30 heavy (non-hydrogen) atoms. The molecule has 6 nitrogen and oxygen atoms in total. The number of benzene rings is 3. The summed E-state index contributed by atoms with van der Waals surface area (Å²) >= 11 is 0. The Morgan fingerprint density at radius 1 is 0.867 bits per heavy atom. The van der Waals surface area contributed by atoms with Crippen molar-refractivity contribution >= 4 is 11.6 Å². The number of hydrogen-bond donors (Lipinski definition) is 0. The van der Waals surface area contributed by atoms with Gasteiger partial charge in [-0.3, -0.25) is 14.9 Å². The van der Waals surface area contributed by atoms with E-state index in [2.05, 4.69) is 0 Å². The van der Waals surface area contributed by atoms with Crippen molar-refractivity contribution in [2.75, 3.05) is 6.61 Å². The van der Waals surface area contributed by atoms with Crippen LogP contribution < -0.4 is 0 Å². The van der Waals surface area contributed by atoms with Crippen LogP contribution in [0.4, 0.5) is 5.69 Å². The predicted octanol–water partition coefficient (Wildman–Crippen LogP) is 4.31. The number of β-lactam (4-membered cyclic amide) rings is 1. The molecule has 1 saturated heterocycles. The maximum Gasteiger partial charge on any atom is 0.269 e. The van der Waals surface area contributed by atoms with Crippen LogP contribution >= 0.6 is 0 Å². The highest BCUT2D eigenvalue weighted by Crippen LogP contribution is 2.37. The first-order valence-corrected chi connectivity index (χ1v) is 9.84. The summed E-state index contributed by atoms with van der Waals surface area (Å²) in [7, 11) is 0. The van der Waals surface area contributed by atoms with E-state index < -0.39 is 4.92 Å². The number of hydrogen-bond acceptors (Lipinski definition) is 4. The third kappa shape index (κ3) is 4.23. The molecule has 6 heteroatoms. The summed E-state index contributed by atoms with van der Waals surface area (Å²) in [5, 5.41) is 10.9. The molecule has 0 N–H and O–H groups in total. The van der Waals surface area contributed by atoms with Gasteiger partial charge in [-0.2, -0.15) is 0 Å². The molecule has 1 fully saturated rings. The van der Waals surface area contributed by atoms with Crippen molar-refractivity contribution in [1.29, 1.82) is 0 Å². The highest BCUT2D eigenvalue weighted by atomic mass is 16.6. The molecule has 0 radical (unpaired) electrons. The molecule has 152 valence electrons. The van der Waals surface area contributed by atoms with Gasteiger partial charge in [-0.05, 0) is 16.7 Å². The van der Waals surface area contributed by atoms with Crippen LogP contribution in [0.2, 0.25) is 0 Å². The van der Waals surface area contributed by atoms with Crippen LogP contribution in [0.5, 0.6) is 0 Å². The summed E-state index contributed by atoms with van der Waals surface area (Å²) in [6.45, 7) is 1.38. The van der Waals surface area contributed by atoms with Gasteiger partial charge in [-0.15, -0.1) is 0 Å². The smallest absolute Gasteiger partial charge is 0.269 e. The monoisotopic (exact) mass is 402 g/mol. The summed E-state index contributed by atoms with van der Waals surface area (Å²) in [5.41, 5.74) is 2.93. The molecule has 1 amide bonds. The number of nitrogens with zero attached hydrogens (tertiary/aromatic N) is 2. The van der Waals surface area contributed by atoms with Gasteiger partial charge >= 0.3 is 0 Å². The average Bonchev–Trinajstić information content (AvgIpc) is 2.78. The Bertz CT molecular complexity index is 1010. The van der Waals surface area contributed by atoms with E-state index in [0.29, 0.717) is 19.8 Å². The Kier molecular flexibility index (Phi) is 5.86. The third-order valence-corrected chi connectivity index (χ3v) is 5.39. The quantitative estimate of drug-likeness (QED) is 0.320. The van der Waals surface area contributed by atoms with Gasteiger partial charge in [0.1, 0.15) is 0 Å². The van der Waals surface area contributed by atoms with Crippen LogP contribution in [0, 0.1) is 10.1 Å². The summed E-state index contributed by atoms with van der Waals surface area (Å²) in [4.78, 5) is 25.3. The largest absolute Gasteiger partial charge is 0.375 e. The Hall–Kier alpha value is -3.51. The van der Waals surface area contributed by atoms with E-state index in [0.717, 1.165) is 16.7 Å². The second kappa shape index (κ2) is 8.88. The number of ether oxygens (including phenoxy) is 1. The van der Waals surface area contributed by atoms with E-state index in [9.17, 15) is 14.9 Å². The number of carbonyl (C=O) groups excluding carboxylic acids is 1. The standard InChI is InChI=1S/C24H22N2O4/c27-24-23(20-11-13-21(14-12-20)26(28)29)22(17-30-16-19-9-5-2-6-10-19)25(24)15-18-7-3-1-4-8-18/h1-14,22-23H,15-17H2. The van der Waals surface area contributed by atoms with E-state index in [1.165, 1.54) is 12.1 Å². The first kappa shape index (κ1) is 19.8. The van der Waals surface area contributed by atoms with Gasteiger partial charge in [-0.25, -0.2) is 0 Å². The molecule has 1 heterocycles. The molecule has 1 aliphatic heterocycles. The average molecular weight is 402 g/mol. The van der Waals surface area contributed by atoms with Gasteiger partial charge in [0, 0.05) is 18.7 Å². The normalized spacial score (nSPS) is 18.1. The molecule has 0 saturated carbocycles. The fourth-order valence-electron chi connectivity index (χ4n) is 3.81. The van der Waals surface area contributed by atoms with Crippen LogP contribution in [0.1, 0.15) is 22.6 Å². The molecule has 4 rings (SSSR count). The zero-order chi connectivity index (χ0) is 20.9. The van der Waals surface area contributed by atoms with E-state index in [4.69, 9.17) is 4.74 Å². The molecular weight excluding hydrogens is 380 g/mol. The van der Waals surface area contributed by atoms with E-state index in [1.807, 2.05) is 65.6 Å². The topological polar surface area (TPSA) is 72.7 Å². The van der Waals surface area contributed by atoms with Crippen LogP contribution in [0.25, 0.3) is 0 Å². The van der Waals surface area contributed by atoms with Crippen LogP contribution in [0.3, 0.4) is 0 Å². The number of likely N-dealkylation sites (tertiary alicyclic amines) is 1. The second-order valence-electron chi connectivity index (χ2n) is 7.35. The van der Waals surface area contributed by atoms with Crippen molar-refractivity contribution in [3.8, 4) is 0 Å². The maximum atomic E-state index is 13.0. The van der Waals surface area contributed by atoms with E-state index in [1.54, 1.807) is 12.1 Å². The highest BCUT2D eigenvalue weighted by Gasteiger charge is 2.47. The molecular formula is C24H22N2O4. The van der Waals surface area contributed by atoms with Gasteiger partial charge in [0.05, 0.1) is 30.1 Å². The van der Waals surface area contributed by atoms with Crippen molar-refractivity contribution in [2.24, 2.45) is 0 Å². The minimum absolute atomic E-state index is 0.0148. The van der Waals surface area contributed by atoms with E-state index >= 15 is 0 Å². The summed E-state index contributed by atoms with van der Waals surface area (Å²) in [6.07, 6.45) is 0. The van der Waals surface area contributed by atoms with E-state index in [-0.39, 0.29) is 23.6 Å². The maximum absolute atomic E-state index is 13.0. The number of non-ortho nitro benzene ring substituents is 1. The number of amides is 1. The van der Waals surface area contributed by atoms with Crippen LogP contribution in [-0.4, -0.2) is 28.4 Å². The Morgan fingerprint density at radius 3 is 2.07 bits per heavy atom. The lowest BCUT2D eigenvalue weighted by Crippen LogP contribution is -2.60. The van der Waals surface area contributed by atoms with Gasteiger partial charge in [0.15, 0.2) is 0 Å². The zero-order valence-electron chi connectivity index (χ0n) is 16.4. The first-order chi connectivity index (χ1) is 14.6. The number of nitro groups is 1. The van der Waals surface area contributed by atoms with Gasteiger partial charge in [0.25, 0.3) is 5.69 Å². The molecule has 0 aliphatic carbocycles. The van der Waals surface area contributed by atoms with Crippen molar-refractivity contribution in [1.82, 2.24) is 4.90 Å². The minimum Gasteiger partial charge on any atom is -0.375 e. The van der Waals surface area contributed by atoms with Crippen molar-refractivity contribution in [3.05, 3.63) is 112 Å². The lowest BCUT2D eigenvalue weighted by Gasteiger charge is -2.47. The fourth-order valence-corrected chi connectivity index (χ4v) is 3.81. The van der Waals surface area contributed by atoms with Crippen molar-refractivity contribution < 1.29 is 14.5 Å². The van der Waals surface area contributed by atoms with Crippen molar-refractivity contribution in [3.63, 3.8) is 0 Å². The Morgan fingerprint density at radius 2 is 1.47 bits per heavy atom. The molecule has 0 spiro atoms. The summed E-state index contributed by atoms with van der Waals surface area (Å²) < 4.78 is 5.95. The number of nitro benzene ring substituents is 1. The molecule has 1 aliphatic rings. The van der Waals surface area contributed by atoms with Crippen LogP contribution in [-0.2, 0) is 22.7 Å². The second-order valence-corrected chi connectivity index (χ2v) is 7.35. The fraction of sp³-hybridized carbons (Fsp3) is 0.208. The molecule has 3 aromatic rings. The summed E-state index contributed by atoms with van der Waals surface area (Å²) in [6, 6.07) is 25.9. The zero-order valence-corrected chi connectivity index (χ0v) is 16.4. The molecule has 0 bridgehead atoms. The first-order valence-electron chi connectivity index (χ1n) is 9.84. The predicted molar refractivity (Wildman–Crippen MR) is 113 cm³/mol. The van der Waals surface area contributed by atoms with Gasteiger partial charge < -0.3 is 9.64 Å². The molecule has 2 atom stereocenters. The highest BCUT2D eigenvalue weighted by molar-refractivity contribution is 5.91. The van der Waals surface area contributed by atoms with Crippen LogP contribution in [0.15, 0.2) is 84.9 Å². The number of carbonyl (C=O) groups is 1. The lowest BCUT2D eigenvalue weighted by atomic mass is 9.81. The molecule has 3 aromatic carbocycles. The third-order valence-electron chi connectivity index (χ3n) is 5.39. The molecule has 2 unspecified atom stereocenters. The Labute approximate surface area is 174 Å². The minimum atomic E-state index is -0.436. The van der Waals surface area contributed by atoms with Gasteiger partial charge in [0.2, 0.25) is 5.91 Å². The number of rotatable bonds is 8. The lowest BCUT2D eigenvalue weighted by molar-refractivity contribution is -0.384. The molecule has 0 aromatic heterocycles. The summed E-state index contributed by atoms with van der Waals surface area (Å²) in [5.74, 6) is -0.341.